The summed E-state index contributed by atoms with van der Waals surface area (Å²) in [6.45, 7) is 4.22. The molecule has 0 aromatic heterocycles. The minimum Gasteiger partial charge on any atom is -0.348 e. The molecular formula is C17H26O4. The molecule has 21 heavy (non-hydrogen) atoms. The molecule has 4 nitrogen and oxygen atoms in total. The van der Waals surface area contributed by atoms with Crippen molar-refractivity contribution in [3.05, 3.63) is 0 Å². The lowest BCUT2D eigenvalue weighted by Gasteiger charge is -2.41. The highest BCUT2D eigenvalue weighted by atomic mass is 16.7. The summed E-state index contributed by atoms with van der Waals surface area (Å²) in [5, 5.41) is 0. The van der Waals surface area contributed by atoms with E-state index in [-0.39, 0.29) is 23.1 Å². The van der Waals surface area contributed by atoms with E-state index < -0.39 is 11.7 Å². The molecule has 0 aromatic rings. The number of carbonyl (C=O) groups is 2. The third-order valence-corrected chi connectivity index (χ3v) is 5.36. The Balaban J connectivity index is 1.63. The average molecular weight is 294 g/mol. The lowest BCUT2D eigenvalue weighted by molar-refractivity contribution is -0.150. The number of hydrogen-bond acceptors (Lipinski definition) is 4. The van der Waals surface area contributed by atoms with E-state index in [0.717, 1.165) is 12.8 Å². The van der Waals surface area contributed by atoms with Gasteiger partial charge in [0.2, 0.25) is 0 Å². The minimum absolute atomic E-state index is 0.00474. The van der Waals surface area contributed by atoms with Gasteiger partial charge in [0, 0.05) is 12.8 Å². The van der Waals surface area contributed by atoms with Crippen LogP contribution in [0.3, 0.4) is 0 Å². The molecule has 0 bridgehead atoms. The van der Waals surface area contributed by atoms with E-state index in [9.17, 15) is 9.59 Å². The highest BCUT2D eigenvalue weighted by Gasteiger charge is 2.46. The van der Waals surface area contributed by atoms with E-state index in [0.29, 0.717) is 25.9 Å². The third-order valence-electron chi connectivity index (χ3n) is 5.36. The Labute approximate surface area is 126 Å². The standard InChI is InChI=1S/C17H26O4/c1-16(2)20-11-12(21-16)8-13-14(18)9-17(10-15(13)19)6-4-3-5-7-17/h12-13H,3-11H2,1-2H3/t12-/m0/s1. The van der Waals surface area contributed by atoms with E-state index in [1.54, 1.807) is 0 Å². The predicted molar refractivity (Wildman–Crippen MR) is 77.8 cm³/mol. The van der Waals surface area contributed by atoms with Gasteiger partial charge in [-0.2, -0.15) is 0 Å². The summed E-state index contributed by atoms with van der Waals surface area (Å²) in [7, 11) is 0. The maximum Gasteiger partial charge on any atom is 0.163 e. The second kappa shape index (κ2) is 5.47. The van der Waals surface area contributed by atoms with E-state index in [4.69, 9.17) is 9.47 Å². The molecule has 0 unspecified atom stereocenters. The largest absolute Gasteiger partial charge is 0.348 e. The molecule has 2 saturated carbocycles. The lowest BCUT2D eigenvalue weighted by atomic mass is 9.62. The van der Waals surface area contributed by atoms with Gasteiger partial charge in [-0.05, 0) is 38.5 Å². The van der Waals surface area contributed by atoms with Gasteiger partial charge in [-0.3, -0.25) is 9.59 Å². The van der Waals surface area contributed by atoms with Crippen LogP contribution in [0.5, 0.6) is 0 Å². The maximum atomic E-state index is 12.5. The van der Waals surface area contributed by atoms with Gasteiger partial charge in [0.1, 0.15) is 11.6 Å². The summed E-state index contributed by atoms with van der Waals surface area (Å²) in [5.74, 6) is -0.765. The van der Waals surface area contributed by atoms with Crippen LogP contribution in [-0.2, 0) is 19.1 Å². The number of Topliss-reactive ketones (excluding diaryl/α,β-unsaturated/α-hetero) is 2. The molecule has 1 saturated heterocycles. The van der Waals surface area contributed by atoms with Gasteiger partial charge in [0.15, 0.2) is 5.79 Å². The zero-order valence-corrected chi connectivity index (χ0v) is 13.2. The Bertz CT molecular complexity index is 414. The summed E-state index contributed by atoms with van der Waals surface area (Å²) < 4.78 is 11.3. The van der Waals surface area contributed by atoms with Crippen LogP contribution >= 0.6 is 0 Å². The van der Waals surface area contributed by atoms with E-state index in [2.05, 4.69) is 0 Å². The molecule has 1 atom stereocenters. The number of ether oxygens (including phenoxy) is 2. The van der Waals surface area contributed by atoms with Crippen LogP contribution in [0, 0.1) is 11.3 Å². The minimum atomic E-state index is -0.587. The molecule has 3 fully saturated rings. The fraction of sp³-hybridized carbons (Fsp3) is 0.882. The van der Waals surface area contributed by atoms with Crippen LogP contribution < -0.4 is 0 Å². The zero-order valence-electron chi connectivity index (χ0n) is 13.2. The van der Waals surface area contributed by atoms with Gasteiger partial charge >= 0.3 is 0 Å². The molecule has 1 aliphatic heterocycles. The second-order valence-electron chi connectivity index (χ2n) is 7.59. The first-order chi connectivity index (χ1) is 9.89. The van der Waals surface area contributed by atoms with Gasteiger partial charge in [0.05, 0.1) is 18.6 Å². The molecule has 0 amide bonds. The fourth-order valence-electron chi connectivity index (χ4n) is 4.29. The molecule has 118 valence electrons. The lowest BCUT2D eigenvalue weighted by Crippen LogP contribution is -2.43. The Hall–Kier alpha value is -0.740. The number of rotatable bonds is 2. The molecule has 0 N–H and O–H groups in total. The summed E-state index contributed by atoms with van der Waals surface area (Å²) in [5.41, 5.74) is -0.00474. The summed E-state index contributed by atoms with van der Waals surface area (Å²) >= 11 is 0. The molecule has 2 aliphatic carbocycles. The average Bonchev–Trinajstić information content (AvgIpc) is 2.74. The van der Waals surface area contributed by atoms with Crippen molar-refractivity contribution in [2.75, 3.05) is 6.61 Å². The highest BCUT2D eigenvalue weighted by molar-refractivity contribution is 6.05. The first-order valence-electron chi connectivity index (χ1n) is 8.26. The highest BCUT2D eigenvalue weighted by Crippen LogP contribution is 2.47. The topological polar surface area (TPSA) is 52.6 Å². The Morgan fingerprint density at radius 2 is 1.67 bits per heavy atom. The summed E-state index contributed by atoms with van der Waals surface area (Å²) in [6.07, 6.45) is 7.24. The Morgan fingerprint density at radius 3 is 2.19 bits per heavy atom. The van der Waals surface area contributed by atoms with Crippen molar-refractivity contribution >= 4 is 11.6 Å². The second-order valence-corrected chi connectivity index (χ2v) is 7.59. The van der Waals surface area contributed by atoms with Gasteiger partial charge in [-0.25, -0.2) is 0 Å². The van der Waals surface area contributed by atoms with Crippen molar-refractivity contribution < 1.29 is 19.1 Å². The normalized spacial score (nSPS) is 32.8. The van der Waals surface area contributed by atoms with E-state index in [1.165, 1.54) is 19.3 Å². The Morgan fingerprint density at radius 1 is 1.05 bits per heavy atom. The Kier molecular flexibility index (Phi) is 3.95. The van der Waals surface area contributed by atoms with Gasteiger partial charge < -0.3 is 9.47 Å². The quantitative estimate of drug-likeness (QED) is 0.735. The number of hydrogen-bond donors (Lipinski definition) is 0. The van der Waals surface area contributed by atoms with Gasteiger partial charge in [-0.1, -0.05) is 19.3 Å². The summed E-state index contributed by atoms with van der Waals surface area (Å²) in [4.78, 5) is 25.0. The maximum absolute atomic E-state index is 12.5. The van der Waals surface area contributed by atoms with Gasteiger partial charge in [0.25, 0.3) is 0 Å². The van der Waals surface area contributed by atoms with Crippen LogP contribution in [0.1, 0.15) is 65.2 Å². The summed E-state index contributed by atoms with van der Waals surface area (Å²) in [6, 6.07) is 0. The third kappa shape index (κ3) is 3.21. The van der Waals surface area contributed by atoms with Crippen molar-refractivity contribution in [2.45, 2.75) is 77.1 Å². The monoisotopic (exact) mass is 294 g/mol. The first-order valence-corrected chi connectivity index (χ1v) is 8.26. The van der Waals surface area contributed by atoms with Crippen LogP contribution in [-0.4, -0.2) is 30.1 Å². The van der Waals surface area contributed by atoms with Crippen LogP contribution in [0.4, 0.5) is 0 Å². The van der Waals surface area contributed by atoms with Crippen molar-refractivity contribution in [1.82, 2.24) is 0 Å². The predicted octanol–water partition coefficient (Wildman–Crippen LogP) is 3.03. The van der Waals surface area contributed by atoms with E-state index >= 15 is 0 Å². The molecule has 0 radical (unpaired) electrons. The van der Waals surface area contributed by atoms with Crippen molar-refractivity contribution in [1.29, 1.82) is 0 Å². The SMILES string of the molecule is CC1(C)OC[C@H](CC2C(=O)CC3(CCCCC3)CC2=O)O1. The van der Waals surface area contributed by atoms with Crippen molar-refractivity contribution in [3.63, 3.8) is 0 Å². The van der Waals surface area contributed by atoms with Crippen molar-refractivity contribution in [3.8, 4) is 0 Å². The van der Waals surface area contributed by atoms with Gasteiger partial charge in [-0.15, -0.1) is 0 Å². The molecule has 1 spiro atoms. The smallest absolute Gasteiger partial charge is 0.163 e. The fourth-order valence-corrected chi connectivity index (χ4v) is 4.29. The molecule has 0 aromatic carbocycles. The van der Waals surface area contributed by atoms with Crippen LogP contribution in [0.2, 0.25) is 0 Å². The molecule has 4 heteroatoms. The van der Waals surface area contributed by atoms with E-state index in [1.807, 2.05) is 13.8 Å². The molecule has 1 heterocycles. The molecule has 3 aliphatic rings. The molecular weight excluding hydrogens is 268 g/mol. The number of ketones is 2. The van der Waals surface area contributed by atoms with Crippen molar-refractivity contribution in [2.24, 2.45) is 11.3 Å². The first kappa shape index (κ1) is 15.2. The zero-order chi connectivity index (χ0) is 15.1. The van der Waals surface area contributed by atoms with Crippen LogP contribution in [0.15, 0.2) is 0 Å². The molecule has 3 rings (SSSR count). The van der Waals surface area contributed by atoms with Crippen LogP contribution in [0.25, 0.3) is 0 Å². The number of carbonyl (C=O) groups excluding carboxylic acids is 2.